The maximum Gasteiger partial charge on any atom is 0.339 e. The Labute approximate surface area is 157 Å². The van der Waals surface area contributed by atoms with E-state index in [1.807, 2.05) is 30.3 Å². The van der Waals surface area contributed by atoms with Gasteiger partial charge < -0.3 is 20.4 Å². The van der Waals surface area contributed by atoms with Crippen LogP contribution < -0.4 is 5.32 Å². The van der Waals surface area contributed by atoms with Crippen LogP contribution in [0.1, 0.15) is 22.0 Å². The summed E-state index contributed by atoms with van der Waals surface area (Å²) in [6, 6.07) is 13.1. The summed E-state index contributed by atoms with van der Waals surface area (Å²) in [6.45, 7) is 3.27. The van der Waals surface area contributed by atoms with Crippen LogP contribution in [0.3, 0.4) is 0 Å². The lowest BCUT2D eigenvalue weighted by Crippen LogP contribution is -2.48. The van der Waals surface area contributed by atoms with E-state index in [0.29, 0.717) is 5.69 Å². The summed E-state index contributed by atoms with van der Waals surface area (Å²) in [4.78, 5) is 28.6. The van der Waals surface area contributed by atoms with E-state index in [2.05, 4.69) is 22.2 Å². The Kier molecular flexibility index (Phi) is 5.73. The highest BCUT2D eigenvalue weighted by Gasteiger charge is 2.30. The molecule has 0 bridgehead atoms. The van der Waals surface area contributed by atoms with Gasteiger partial charge in [0.05, 0.1) is 0 Å². The van der Waals surface area contributed by atoms with Crippen molar-refractivity contribution in [2.24, 2.45) is 0 Å². The first kappa shape index (κ1) is 18.9. The van der Waals surface area contributed by atoms with Crippen LogP contribution in [0.2, 0.25) is 0 Å². The van der Waals surface area contributed by atoms with Crippen LogP contribution in [-0.2, 0) is 4.79 Å². The van der Waals surface area contributed by atoms with Crippen LogP contribution in [0.4, 0.5) is 5.69 Å². The first-order valence-electron chi connectivity index (χ1n) is 8.80. The molecule has 1 atom stereocenters. The molecule has 0 spiro atoms. The summed E-state index contributed by atoms with van der Waals surface area (Å²) < 4.78 is 0. The normalized spacial score (nSPS) is 16.6. The van der Waals surface area contributed by atoms with E-state index in [-0.39, 0.29) is 17.2 Å². The molecule has 142 valence electrons. The summed E-state index contributed by atoms with van der Waals surface area (Å²) >= 11 is 0. The first-order chi connectivity index (χ1) is 13.0. The Morgan fingerprint density at radius 1 is 1.04 bits per heavy atom. The van der Waals surface area contributed by atoms with Gasteiger partial charge >= 0.3 is 5.97 Å². The number of nitrogens with one attached hydrogen (secondary N) is 1. The predicted octanol–water partition coefficient (Wildman–Crippen LogP) is 2.02. The molecule has 27 heavy (non-hydrogen) atoms. The summed E-state index contributed by atoms with van der Waals surface area (Å²) in [6.07, 6.45) is 0. The summed E-state index contributed by atoms with van der Waals surface area (Å²) in [5.41, 5.74) is 0.978. The molecule has 2 aromatic carbocycles. The summed E-state index contributed by atoms with van der Waals surface area (Å²) in [7, 11) is 2.05. The zero-order valence-electron chi connectivity index (χ0n) is 15.1. The van der Waals surface area contributed by atoms with Crippen LogP contribution >= 0.6 is 0 Å². The van der Waals surface area contributed by atoms with Crippen LogP contribution in [0.5, 0.6) is 5.75 Å². The van der Waals surface area contributed by atoms with Crippen molar-refractivity contribution in [2.75, 3.05) is 38.5 Å². The van der Waals surface area contributed by atoms with Gasteiger partial charge in [0.2, 0.25) is 5.91 Å². The van der Waals surface area contributed by atoms with Crippen molar-refractivity contribution in [3.8, 4) is 5.75 Å². The number of benzene rings is 2. The van der Waals surface area contributed by atoms with Crippen LogP contribution in [0.15, 0.2) is 48.5 Å². The molecule has 1 fully saturated rings. The Hall–Kier alpha value is -2.90. The average Bonchev–Trinajstić information content (AvgIpc) is 2.66. The smallest absolute Gasteiger partial charge is 0.339 e. The minimum Gasteiger partial charge on any atom is -0.507 e. The average molecular weight is 369 g/mol. The van der Waals surface area contributed by atoms with Crippen molar-refractivity contribution in [2.45, 2.75) is 6.04 Å². The zero-order chi connectivity index (χ0) is 19.4. The number of piperazine rings is 1. The van der Waals surface area contributed by atoms with Gasteiger partial charge in [-0.05, 0) is 30.8 Å². The number of amides is 1. The molecule has 1 aliphatic rings. The van der Waals surface area contributed by atoms with Crippen molar-refractivity contribution < 1.29 is 19.8 Å². The molecule has 3 N–H and O–H groups in total. The highest BCUT2D eigenvalue weighted by Crippen LogP contribution is 2.26. The van der Waals surface area contributed by atoms with Gasteiger partial charge in [-0.25, -0.2) is 4.79 Å². The maximum atomic E-state index is 13.1. The molecule has 0 radical (unpaired) electrons. The third-order valence-electron chi connectivity index (χ3n) is 4.76. The van der Waals surface area contributed by atoms with Crippen LogP contribution in [0, 0.1) is 0 Å². The molecule has 7 heteroatoms. The van der Waals surface area contributed by atoms with E-state index in [9.17, 15) is 14.7 Å². The lowest BCUT2D eigenvalue weighted by atomic mass is 10.0. The van der Waals surface area contributed by atoms with Gasteiger partial charge in [0.25, 0.3) is 0 Å². The molecule has 7 nitrogen and oxygen atoms in total. The fourth-order valence-corrected chi connectivity index (χ4v) is 3.24. The SMILES string of the molecule is CN1CCN(C(C(=O)Nc2ccc(O)c(C(=O)O)c2)c2ccccc2)CC1. The highest BCUT2D eigenvalue weighted by atomic mass is 16.4. The van der Waals surface area contributed by atoms with Gasteiger partial charge in [0, 0.05) is 31.9 Å². The van der Waals surface area contributed by atoms with Crippen molar-refractivity contribution in [1.29, 1.82) is 0 Å². The largest absolute Gasteiger partial charge is 0.507 e. The fourth-order valence-electron chi connectivity index (χ4n) is 3.24. The molecule has 0 aromatic heterocycles. The second-order valence-electron chi connectivity index (χ2n) is 6.68. The van der Waals surface area contributed by atoms with Crippen LogP contribution in [0.25, 0.3) is 0 Å². The van der Waals surface area contributed by atoms with Crippen molar-refractivity contribution in [1.82, 2.24) is 9.80 Å². The van der Waals surface area contributed by atoms with Gasteiger partial charge in [0.15, 0.2) is 0 Å². The Morgan fingerprint density at radius 3 is 2.33 bits per heavy atom. The van der Waals surface area contributed by atoms with Crippen molar-refractivity contribution >= 4 is 17.6 Å². The Balaban J connectivity index is 1.85. The number of aromatic carboxylic acids is 1. The van der Waals surface area contributed by atoms with Gasteiger partial charge in [0.1, 0.15) is 17.4 Å². The number of anilines is 1. The monoisotopic (exact) mass is 369 g/mol. The Bertz CT molecular complexity index is 817. The van der Waals surface area contributed by atoms with E-state index >= 15 is 0 Å². The molecule has 1 amide bonds. The standard InChI is InChI=1S/C20H23N3O4/c1-22-9-11-23(12-10-22)18(14-5-3-2-4-6-14)19(25)21-15-7-8-17(24)16(13-15)20(26)27/h2-8,13,18,24H,9-12H2,1H3,(H,21,25)(H,26,27). The predicted molar refractivity (Wildman–Crippen MR) is 102 cm³/mol. The number of carboxylic acids is 1. The number of hydrogen-bond acceptors (Lipinski definition) is 5. The number of rotatable bonds is 5. The molecule has 1 heterocycles. The van der Waals surface area contributed by atoms with E-state index in [1.54, 1.807) is 0 Å². The van der Waals surface area contributed by atoms with E-state index < -0.39 is 12.0 Å². The van der Waals surface area contributed by atoms with E-state index in [0.717, 1.165) is 31.7 Å². The number of hydrogen-bond donors (Lipinski definition) is 3. The van der Waals surface area contributed by atoms with Crippen molar-refractivity contribution in [3.63, 3.8) is 0 Å². The quantitative estimate of drug-likeness (QED) is 0.698. The number of carbonyl (C=O) groups excluding carboxylic acids is 1. The third-order valence-corrected chi connectivity index (χ3v) is 4.76. The minimum atomic E-state index is -1.25. The fraction of sp³-hybridized carbons (Fsp3) is 0.300. The topological polar surface area (TPSA) is 93.1 Å². The molecule has 1 unspecified atom stereocenters. The van der Waals surface area contributed by atoms with Gasteiger partial charge in [-0.2, -0.15) is 0 Å². The second kappa shape index (κ2) is 8.20. The van der Waals surface area contributed by atoms with E-state index in [4.69, 9.17) is 5.11 Å². The van der Waals surface area contributed by atoms with Gasteiger partial charge in [-0.1, -0.05) is 30.3 Å². The van der Waals surface area contributed by atoms with Gasteiger partial charge in [-0.15, -0.1) is 0 Å². The molecule has 1 saturated heterocycles. The van der Waals surface area contributed by atoms with Gasteiger partial charge in [-0.3, -0.25) is 9.69 Å². The minimum absolute atomic E-state index is 0.229. The zero-order valence-corrected chi connectivity index (χ0v) is 15.1. The number of phenols is 1. The Morgan fingerprint density at radius 2 is 1.70 bits per heavy atom. The molecule has 2 aromatic rings. The van der Waals surface area contributed by atoms with Crippen molar-refractivity contribution in [3.05, 3.63) is 59.7 Å². The second-order valence-corrected chi connectivity index (χ2v) is 6.68. The number of carboxylic acid groups (broad SMARTS) is 1. The first-order valence-corrected chi connectivity index (χ1v) is 8.80. The lowest BCUT2D eigenvalue weighted by Gasteiger charge is -2.37. The highest BCUT2D eigenvalue weighted by molar-refractivity contribution is 5.98. The molecule has 3 rings (SSSR count). The maximum absolute atomic E-state index is 13.1. The number of carbonyl (C=O) groups is 2. The molecule has 0 saturated carbocycles. The molecule has 1 aliphatic heterocycles. The number of aromatic hydroxyl groups is 1. The van der Waals surface area contributed by atoms with E-state index in [1.165, 1.54) is 18.2 Å². The van der Waals surface area contributed by atoms with Crippen LogP contribution in [-0.4, -0.2) is 65.1 Å². The lowest BCUT2D eigenvalue weighted by molar-refractivity contribution is -0.122. The molecular formula is C20H23N3O4. The summed E-state index contributed by atoms with van der Waals surface area (Å²) in [5, 5.41) is 21.6. The number of nitrogens with zero attached hydrogens (tertiary/aromatic N) is 2. The third kappa shape index (κ3) is 4.45. The molecule has 0 aliphatic carbocycles. The molecular weight excluding hydrogens is 346 g/mol. The summed E-state index contributed by atoms with van der Waals surface area (Å²) in [5.74, 6) is -1.81. The number of likely N-dealkylation sites (N-methyl/N-ethyl adjacent to an activating group) is 1.